The smallest absolute Gasteiger partial charge is 0.191 e. The molecule has 1 saturated carbocycles. The molecule has 1 atom stereocenters. The molecule has 2 aliphatic heterocycles. The highest BCUT2D eigenvalue weighted by atomic mass is 16.5. The normalized spacial score (nSPS) is 25.0. The molecule has 2 heterocycles. The third-order valence-corrected chi connectivity index (χ3v) is 6.87. The van der Waals surface area contributed by atoms with Crippen LogP contribution in [0.25, 0.3) is 0 Å². The quantitative estimate of drug-likeness (QED) is 0.588. The summed E-state index contributed by atoms with van der Waals surface area (Å²) in [5.41, 5.74) is 1.55. The highest BCUT2D eigenvalue weighted by Crippen LogP contribution is 2.34. The summed E-state index contributed by atoms with van der Waals surface area (Å²) in [5.74, 6) is 2.40. The third kappa shape index (κ3) is 4.86. The third-order valence-electron chi connectivity index (χ3n) is 6.87. The van der Waals surface area contributed by atoms with Crippen LogP contribution in [0.4, 0.5) is 0 Å². The Balaban J connectivity index is 1.35. The molecule has 3 aliphatic rings. The van der Waals surface area contributed by atoms with E-state index in [1.165, 1.54) is 37.7 Å². The first-order valence-electron chi connectivity index (χ1n) is 11.3. The summed E-state index contributed by atoms with van der Waals surface area (Å²) in [6, 6.07) is 8.41. The van der Waals surface area contributed by atoms with Crippen LogP contribution in [0.3, 0.4) is 0 Å². The number of aliphatic imine (C=N–C) groups is 1. The molecule has 0 radical (unpaired) electrons. The number of rotatable bonds is 5. The van der Waals surface area contributed by atoms with Crippen molar-refractivity contribution in [2.75, 3.05) is 53.0 Å². The fourth-order valence-electron chi connectivity index (χ4n) is 5.17. The first-order chi connectivity index (χ1) is 14.3. The van der Waals surface area contributed by atoms with Crippen LogP contribution >= 0.6 is 0 Å². The molecule has 1 aromatic carbocycles. The van der Waals surface area contributed by atoms with Crippen molar-refractivity contribution in [2.24, 2.45) is 4.99 Å². The zero-order valence-corrected chi connectivity index (χ0v) is 17.8. The van der Waals surface area contributed by atoms with Gasteiger partial charge in [-0.25, -0.2) is 0 Å². The predicted octanol–water partition coefficient (Wildman–Crippen LogP) is 2.75. The zero-order chi connectivity index (χ0) is 19.9. The van der Waals surface area contributed by atoms with Crippen molar-refractivity contribution in [1.82, 2.24) is 15.5 Å². The van der Waals surface area contributed by atoms with E-state index in [9.17, 15) is 0 Å². The number of ether oxygens (including phenoxy) is 2. The average Bonchev–Trinajstić information content (AvgIpc) is 2.80. The molecule has 1 aromatic rings. The summed E-state index contributed by atoms with van der Waals surface area (Å²) >= 11 is 0. The van der Waals surface area contributed by atoms with E-state index in [0.29, 0.717) is 5.92 Å². The largest absolute Gasteiger partial charge is 0.493 e. The van der Waals surface area contributed by atoms with Gasteiger partial charge < -0.3 is 20.1 Å². The number of hydrogen-bond donors (Lipinski definition) is 2. The summed E-state index contributed by atoms with van der Waals surface area (Å²) in [5, 5.41) is 7.25. The van der Waals surface area contributed by atoms with Gasteiger partial charge in [-0.1, -0.05) is 37.5 Å². The highest BCUT2D eigenvalue weighted by Gasteiger charge is 2.38. The van der Waals surface area contributed by atoms with E-state index >= 15 is 0 Å². The fraction of sp³-hybridized carbons (Fsp3) is 0.696. The lowest BCUT2D eigenvalue weighted by Crippen LogP contribution is -2.60. The molecular formula is C23H36N4O2. The summed E-state index contributed by atoms with van der Waals surface area (Å²) in [4.78, 5) is 7.18. The summed E-state index contributed by atoms with van der Waals surface area (Å²) < 4.78 is 11.4. The van der Waals surface area contributed by atoms with Crippen LogP contribution in [0.1, 0.15) is 50.0 Å². The Kier molecular flexibility index (Phi) is 6.93. The van der Waals surface area contributed by atoms with Crippen molar-refractivity contribution in [2.45, 2.75) is 50.0 Å². The molecule has 1 aliphatic carbocycles. The molecule has 29 heavy (non-hydrogen) atoms. The lowest BCUT2D eigenvalue weighted by Gasteiger charge is -2.48. The van der Waals surface area contributed by atoms with Crippen molar-refractivity contribution in [3.05, 3.63) is 29.8 Å². The topological polar surface area (TPSA) is 58.1 Å². The second kappa shape index (κ2) is 9.81. The number of nitrogens with one attached hydrogen (secondary N) is 2. The summed E-state index contributed by atoms with van der Waals surface area (Å²) in [6.45, 7) is 6.44. The van der Waals surface area contributed by atoms with E-state index in [4.69, 9.17) is 9.47 Å². The van der Waals surface area contributed by atoms with E-state index < -0.39 is 0 Å². The standard InChI is InChI=1S/C23H36N4O2/c1-24-22(25-17-19-9-14-29-21-8-4-3-7-20(19)21)26-18-23(10-5-2-6-11-23)27-12-15-28-16-13-27/h3-4,7-8,19H,2,5-6,9-18H2,1H3,(H2,24,25,26). The summed E-state index contributed by atoms with van der Waals surface area (Å²) in [6.07, 6.45) is 7.59. The van der Waals surface area contributed by atoms with E-state index in [1.54, 1.807) is 0 Å². The molecule has 2 N–H and O–H groups in total. The number of hydrogen-bond acceptors (Lipinski definition) is 4. The summed E-state index contributed by atoms with van der Waals surface area (Å²) in [7, 11) is 1.87. The van der Waals surface area contributed by atoms with Gasteiger partial charge in [-0.15, -0.1) is 0 Å². The van der Waals surface area contributed by atoms with Crippen LogP contribution in [0, 0.1) is 0 Å². The Morgan fingerprint density at radius 3 is 2.69 bits per heavy atom. The number of fused-ring (bicyclic) bond motifs is 1. The average molecular weight is 401 g/mol. The number of morpholine rings is 1. The van der Waals surface area contributed by atoms with Gasteiger partial charge in [0.25, 0.3) is 0 Å². The monoisotopic (exact) mass is 400 g/mol. The minimum Gasteiger partial charge on any atom is -0.493 e. The van der Waals surface area contributed by atoms with E-state index in [1.807, 2.05) is 13.1 Å². The highest BCUT2D eigenvalue weighted by molar-refractivity contribution is 5.79. The Hall–Kier alpha value is -1.79. The van der Waals surface area contributed by atoms with Crippen molar-refractivity contribution >= 4 is 5.96 Å². The second-order valence-corrected chi connectivity index (χ2v) is 8.56. The molecule has 6 heteroatoms. The van der Waals surface area contributed by atoms with Crippen LogP contribution in [0.5, 0.6) is 5.75 Å². The SMILES string of the molecule is CN=C(NCC1CCOc2ccccc21)NCC1(N2CCOCC2)CCCCC1. The molecule has 1 unspecified atom stereocenters. The van der Waals surface area contributed by atoms with Crippen LogP contribution in [0.2, 0.25) is 0 Å². The fourth-order valence-corrected chi connectivity index (χ4v) is 5.17. The van der Waals surface area contributed by atoms with Gasteiger partial charge in [0.05, 0.1) is 19.8 Å². The minimum absolute atomic E-state index is 0.241. The lowest BCUT2D eigenvalue weighted by atomic mass is 9.80. The zero-order valence-electron chi connectivity index (χ0n) is 17.8. The van der Waals surface area contributed by atoms with E-state index in [-0.39, 0.29) is 5.54 Å². The van der Waals surface area contributed by atoms with Crippen LogP contribution in [-0.4, -0.2) is 69.4 Å². The Labute approximate surface area is 175 Å². The second-order valence-electron chi connectivity index (χ2n) is 8.56. The van der Waals surface area contributed by atoms with Gasteiger partial charge in [0.15, 0.2) is 5.96 Å². The molecule has 0 aromatic heterocycles. The van der Waals surface area contributed by atoms with Crippen molar-refractivity contribution in [3.8, 4) is 5.75 Å². The van der Waals surface area contributed by atoms with Crippen molar-refractivity contribution in [3.63, 3.8) is 0 Å². The molecule has 1 saturated heterocycles. The van der Waals surface area contributed by atoms with Gasteiger partial charge in [-0.2, -0.15) is 0 Å². The van der Waals surface area contributed by atoms with Crippen LogP contribution in [0.15, 0.2) is 29.3 Å². The number of benzene rings is 1. The molecule has 6 nitrogen and oxygen atoms in total. The maximum Gasteiger partial charge on any atom is 0.191 e. The molecule has 160 valence electrons. The lowest BCUT2D eigenvalue weighted by molar-refractivity contribution is -0.0352. The minimum atomic E-state index is 0.241. The molecule has 2 fully saturated rings. The Morgan fingerprint density at radius 2 is 1.90 bits per heavy atom. The molecular weight excluding hydrogens is 364 g/mol. The first-order valence-corrected chi connectivity index (χ1v) is 11.3. The molecule has 0 spiro atoms. The molecule has 0 amide bonds. The van der Waals surface area contributed by atoms with E-state index in [2.05, 4.69) is 38.7 Å². The Morgan fingerprint density at radius 1 is 1.10 bits per heavy atom. The van der Waals surface area contributed by atoms with Crippen LogP contribution in [-0.2, 0) is 4.74 Å². The van der Waals surface area contributed by atoms with Gasteiger partial charge in [0, 0.05) is 44.7 Å². The van der Waals surface area contributed by atoms with Gasteiger partial charge in [-0.3, -0.25) is 9.89 Å². The maximum absolute atomic E-state index is 5.80. The van der Waals surface area contributed by atoms with Crippen molar-refractivity contribution < 1.29 is 9.47 Å². The number of nitrogens with zero attached hydrogens (tertiary/aromatic N) is 2. The molecule has 0 bridgehead atoms. The van der Waals surface area contributed by atoms with Gasteiger partial charge in [0.2, 0.25) is 0 Å². The van der Waals surface area contributed by atoms with Crippen LogP contribution < -0.4 is 15.4 Å². The van der Waals surface area contributed by atoms with Gasteiger partial charge in [-0.05, 0) is 30.9 Å². The Bertz CT molecular complexity index is 681. The number of para-hydroxylation sites is 1. The van der Waals surface area contributed by atoms with Crippen molar-refractivity contribution in [1.29, 1.82) is 0 Å². The predicted molar refractivity (Wildman–Crippen MR) is 117 cm³/mol. The maximum atomic E-state index is 5.80. The van der Waals surface area contributed by atoms with Gasteiger partial charge in [0.1, 0.15) is 5.75 Å². The molecule has 4 rings (SSSR count). The van der Waals surface area contributed by atoms with Gasteiger partial charge >= 0.3 is 0 Å². The first kappa shape index (κ1) is 20.5. The van der Waals surface area contributed by atoms with E-state index in [0.717, 1.165) is 64.1 Å². The number of guanidine groups is 1.